The first-order valence-electron chi connectivity index (χ1n) is 14.6. The molecular weight excluding hydrogens is 606 g/mol. The number of nitrogens with zero attached hydrogens (tertiary/aromatic N) is 3. The first-order valence-corrected chi connectivity index (χ1v) is 16.0. The Morgan fingerprint density at radius 3 is 2.47 bits per heavy atom. The maximum Gasteiger partial charge on any atom is 0.255 e. The van der Waals surface area contributed by atoms with E-state index in [1.807, 2.05) is 117 Å². The van der Waals surface area contributed by atoms with Gasteiger partial charge in [-0.2, -0.15) is 4.98 Å². The number of allylic oxidation sites excluding steroid dienone is 1. The van der Waals surface area contributed by atoms with Gasteiger partial charge in [0.2, 0.25) is 11.1 Å². The summed E-state index contributed by atoms with van der Waals surface area (Å²) in [6.45, 7) is 4.72. The van der Waals surface area contributed by atoms with Gasteiger partial charge in [0, 0.05) is 16.5 Å². The number of nitrogens with one attached hydrogen (secondary N) is 2. The predicted molar refractivity (Wildman–Crippen MR) is 179 cm³/mol. The summed E-state index contributed by atoms with van der Waals surface area (Å²) in [6, 6.07) is 32.4. The third-order valence-electron chi connectivity index (χ3n) is 7.27. The van der Waals surface area contributed by atoms with Crippen molar-refractivity contribution in [3.05, 3.63) is 136 Å². The van der Waals surface area contributed by atoms with E-state index in [9.17, 15) is 4.79 Å². The van der Waals surface area contributed by atoms with E-state index < -0.39 is 6.04 Å². The summed E-state index contributed by atoms with van der Waals surface area (Å²) < 4.78 is 13.6. The molecule has 1 amide bonds. The molecule has 0 radical (unpaired) electrons. The van der Waals surface area contributed by atoms with Gasteiger partial charge in [0.1, 0.15) is 24.1 Å². The summed E-state index contributed by atoms with van der Waals surface area (Å²) in [5.41, 5.74) is 4.72. The van der Waals surface area contributed by atoms with E-state index in [2.05, 4.69) is 10.6 Å². The maximum atomic E-state index is 14.0. The van der Waals surface area contributed by atoms with Crippen LogP contribution in [-0.4, -0.2) is 27.3 Å². The number of fused-ring (bicyclic) bond motifs is 1. The van der Waals surface area contributed by atoms with Gasteiger partial charge in [-0.05, 0) is 60.9 Å². The fourth-order valence-electron chi connectivity index (χ4n) is 5.08. The second-order valence-electron chi connectivity index (χ2n) is 10.3. The molecule has 1 atom stereocenters. The zero-order valence-corrected chi connectivity index (χ0v) is 26.4. The molecule has 1 aliphatic heterocycles. The second-order valence-corrected chi connectivity index (χ2v) is 11.7. The number of para-hydroxylation sites is 2. The molecule has 2 heterocycles. The zero-order valence-electron chi connectivity index (χ0n) is 24.9. The lowest BCUT2D eigenvalue weighted by molar-refractivity contribution is -0.113. The minimum atomic E-state index is -0.550. The summed E-state index contributed by atoms with van der Waals surface area (Å²) in [4.78, 5) is 18.8. The zero-order chi connectivity index (χ0) is 31.2. The molecule has 0 bridgehead atoms. The number of halogens is 1. The molecule has 5 aromatic rings. The molecule has 10 heteroatoms. The summed E-state index contributed by atoms with van der Waals surface area (Å²) >= 11 is 7.88. The minimum Gasteiger partial charge on any atom is -0.492 e. The van der Waals surface area contributed by atoms with Gasteiger partial charge in [0.25, 0.3) is 5.91 Å². The number of hydrogen-bond donors (Lipinski definition) is 2. The average Bonchev–Trinajstić information content (AvgIpc) is 3.47. The van der Waals surface area contributed by atoms with Crippen LogP contribution in [0.25, 0.3) is 0 Å². The van der Waals surface area contributed by atoms with E-state index in [0.29, 0.717) is 57.8 Å². The van der Waals surface area contributed by atoms with Crippen LogP contribution in [0.4, 0.5) is 11.6 Å². The number of aromatic nitrogens is 3. The Bertz CT molecular complexity index is 1830. The average molecular weight is 638 g/mol. The molecule has 1 aliphatic rings. The van der Waals surface area contributed by atoms with Gasteiger partial charge in [-0.3, -0.25) is 4.79 Å². The van der Waals surface area contributed by atoms with Crippen molar-refractivity contribution in [2.45, 2.75) is 37.4 Å². The van der Waals surface area contributed by atoms with Gasteiger partial charge in [0.15, 0.2) is 0 Å². The summed E-state index contributed by atoms with van der Waals surface area (Å²) in [6.07, 6.45) is 0. The van der Waals surface area contributed by atoms with E-state index in [-0.39, 0.29) is 5.91 Å². The third kappa shape index (κ3) is 7.00. The number of rotatable bonds is 11. The Kier molecular flexibility index (Phi) is 9.38. The predicted octanol–water partition coefficient (Wildman–Crippen LogP) is 8.13. The Morgan fingerprint density at radius 1 is 0.956 bits per heavy atom. The Hall–Kier alpha value is -4.73. The monoisotopic (exact) mass is 637 g/mol. The molecule has 1 aromatic heterocycles. The molecule has 0 spiro atoms. The largest absolute Gasteiger partial charge is 0.492 e. The second kappa shape index (κ2) is 13.9. The van der Waals surface area contributed by atoms with Crippen LogP contribution in [0.5, 0.6) is 11.5 Å². The number of thioether (sulfide) groups is 1. The van der Waals surface area contributed by atoms with Gasteiger partial charge in [0.05, 0.1) is 17.9 Å². The van der Waals surface area contributed by atoms with Crippen molar-refractivity contribution in [3.8, 4) is 11.5 Å². The van der Waals surface area contributed by atoms with Crippen molar-refractivity contribution in [3.63, 3.8) is 0 Å². The Balaban J connectivity index is 1.31. The maximum absolute atomic E-state index is 14.0. The van der Waals surface area contributed by atoms with Gasteiger partial charge in [-0.1, -0.05) is 96.2 Å². The number of amides is 1. The summed E-state index contributed by atoms with van der Waals surface area (Å²) in [5, 5.41) is 12.5. The van der Waals surface area contributed by atoms with Gasteiger partial charge in [-0.25, -0.2) is 4.68 Å². The van der Waals surface area contributed by atoms with E-state index in [0.717, 1.165) is 22.4 Å². The van der Waals surface area contributed by atoms with E-state index in [4.69, 9.17) is 31.2 Å². The number of anilines is 2. The van der Waals surface area contributed by atoms with Crippen molar-refractivity contribution in [1.82, 2.24) is 14.8 Å². The lowest BCUT2D eigenvalue weighted by Crippen LogP contribution is -2.31. The lowest BCUT2D eigenvalue weighted by Gasteiger charge is -2.29. The summed E-state index contributed by atoms with van der Waals surface area (Å²) in [7, 11) is 0. The van der Waals surface area contributed by atoms with Crippen LogP contribution in [0.1, 0.15) is 36.6 Å². The standard InChI is InChI=1S/C35H32ClN5O3S/c1-3-43-30-16-10-9-15-29(30)38-33(42)31-23(2)37-34-39-35(45-22-26-13-7-8-14-28(26)36)40-41(34)32(31)25-17-19-27(20-18-25)44-21-24-11-5-4-6-12-24/h4-20,32H,3,21-22H2,1-2H3,(H,38,42)(H,37,39,40). The number of hydrogen-bond acceptors (Lipinski definition) is 7. The molecule has 4 aromatic carbocycles. The number of benzene rings is 4. The number of carbonyl (C=O) groups is 1. The highest BCUT2D eigenvalue weighted by Crippen LogP contribution is 2.38. The van der Waals surface area contributed by atoms with Gasteiger partial charge >= 0.3 is 0 Å². The highest BCUT2D eigenvalue weighted by molar-refractivity contribution is 7.98. The van der Waals surface area contributed by atoms with Gasteiger partial charge < -0.3 is 20.1 Å². The molecule has 8 nitrogen and oxygen atoms in total. The molecule has 0 saturated heterocycles. The van der Waals surface area contributed by atoms with E-state index in [1.54, 1.807) is 4.68 Å². The van der Waals surface area contributed by atoms with Crippen molar-refractivity contribution >= 4 is 40.9 Å². The molecule has 1 unspecified atom stereocenters. The number of carbonyl (C=O) groups excluding carboxylic acids is 1. The fraction of sp³-hybridized carbons (Fsp3) is 0.171. The first kappa shape index (κ1) is 30.3. The van der Waals surface area contributed by atoms with E-state index in [1.165, 1.54) is 11.8 Å². The summed E-state index contributed by atoms with van der Waals surface area (Å²) in [5.74, 6) is 2.22. The third-order valence-corrected chi connectivity index (χ3v) is 8.53. The van der Waals surface area contributed by atoms with Crippen molar-refractivity contribution < 1.29 is 14.3 Å². The van der Waals surface area contributed by atoms with Crippen LogP contribution in [0, 0.1) is 0 Å². The molecule has 228 valence electrons. The molecule has 0 fully saturated rings. The topological polar surface area (TPSA) is 90.3 Å². The van der Waals surface area contributed by atoms with Crippen LogP contribution < -0.4 is 20.1 Å². The minimum absolute atomic E-state index is 0.270. The highest BCUT2D eigenvalue weighted by atomic mass is 35.5. The highest BCUT2D eigenvalue weighted by Gasteiger charge is 2.34. The molecule has 0 aliphatic carbocycles. The molecule has 45 heavy (non-hydrogen) atoms. The smallest absolute Gasteiger partial charge is 0.255 e. The van der Waals surface area contributed by atoms with Crippen LogP contribution in [0.3, 0.4) is 0 Å². The molecular formula is C35H32ClN5O3S. The quantitative estimate of drug-likeness (QED) is 0.141. The normalized spacial score (nSPS) is 14.0. The van der Waals surface area contributed by atoms with Crippen molar-refractivity contribution in [2.75, 3.05) is 17.2 Å². The van der Waals surface area contributed by atoms with Crippen LogP contribution in [0.15, 0.2) is 120 Å². The number of ether oxygens (including phenoxy) is 2. The lowest BCUT2D eigenvalue weighted by atomic mass is 9.95. The van der Waals surface area contributed by atoms with Crippen molar-refractivity contribution in [2.24, 2.45) is 0 Å². The molecule has 2 N–H and O–H groups in total. The first-order chi connectivity index (χ1) is 22.0. The Labute approximate surface area is 271 Å². The molecule has 0 saturated carbocycles. The fourth-order valence-corrected chi connectivity index (χ4v) is 6.20. The van der Waals surface area contributed by atoms with Crippen LogP contribution in [0.2, 0.25) is 5.02 Å². The van der Waals surface area contributed by atoms with E-state index >= 15 is 0 Å². The Morgan fingerprint density at radius 2 is 1.69 bits per heavy atom. The van der Waals surface area contributed by atoms with Crippen LogP contribution >= 0.6 is 23.4 Å². The molecule has 6 rings (SSSR count). The SMILES string of the molecule is CCOc1ccccc1NC(=O)C1=C(C)Nc2nc(SCc3ccccc3Cl)nn2C1c1ccc(OCc2ccccc2)cc1. The van der Waals surface area contributed by atoms with Crippen molar-refractivity contribution in [1.29, 1.82) is 0 Å². The van der Waals surface area contributed by atoms with Gasteiger partial charge in [-0.15, -0.1) is 5.10 Å². The van der Waals surface area contributed by atoms with Crippen LogP contribution in [-0.2, 0) is 17.2 Å².